The molecule has 290 valence electrons. The molecular weight excluding hydrogens is 635 g/mol. The van der Waals surface area contributed by atoms with Crippen LogP contribution in [0.15, 0.2) is 24.3 Å². The molecule has 0 saturated heterocycles. The highest BCUT2D eigenvalue weighted by Gasteiger charge is 2.24. The van der Waals surface area contributed by atoms with Crippen LogP contribution < -0.4 is 10.2 Å². The number of quaternary nitrogens is 1. The van der Waals surface area contributed by atoms with Gasteiger partial charge in [-0.05, 0) is 44.9 Å². The van der Waals surface area contributed by atoms with E-state index in [0.29, 0.717) is 23.9 Å². The molecule has 9 heteroatoms. The molecule has 0 aliphatic heterocycles. The number of unbranched alkanes of at least 4 members (excludes halogenated alkanes) is 19. The van der Waals surface area contributed by atoms with Crippen molar-refractivity contribution in [3.63, 3.8) is 0 Å². The van der Waals surface area contributed by atoms with Crippen molar-refractivity contribution in [1.82, 2.24) is 5.32 Å². The smallest absolute Gasteiger partial charge is 0.268 e. The van der Waals surface area contributed by atoms with E-state index in [2.05, 4.69) is 43.5 Å². The predicted molar refractivity (Wildman–Crippen MR) is 205 cm³/mol. The average Bonchev–Trinajstić information content (AvgIpc) is 3.04. The fourth-order valence-electron chi connectivity index (χ4n) is 5.66. The van der Waals surface area contributed by atoms with Crippen LogP contribution in [-0.4, -0.2) is 68.5 Å². The summed E-state index contributed by atoms with van der Waals surface area (Å²) in [4.78, 5) is 25.2. The van der Waals surface area contributed by atoms with Crippen LogP contribution in [-0.2, 0) is 18.4 Å². The van der Waals surface area contributed by atoms with Gasteiger partial charge in [0.05, 0.1) is 39.9 Å². The van der Waals surface area contributed by atoms with E-state index in [1.54, 1.807) is 0 Å². The Morgan fingerprint density at radius 2 is 1.18 bits per heavy atom. The number of carbonyl (C=O) groups is 1. The Morgan fingerprint density at radius 3 is 1.73 bits per heavy atom. The van der Waals surface area contributed by atoms with Crippen molar-refractivity contribution in [3.05, 3.63) is 24.3 Å². The minimum absolute atomic E-state index is 0.00946. The summed E-state index contributed by atoms with van der Waals surface area (Å²) in [6, 6.07) is -0.803. The molecule has 3 atom stereocenters. The highest BCUT2D eigenvalue weighted by molar-refractivity contribution is 7.45. The normalized spacial score (nSPS) is 14.8. The van der Waals surface area contributed by atoms with Crippen molar-refractivity contribution in [3.8, 4) is 0 Å². The van der Waals surface area contributed by atoms with E-state index in [9.17, 15) is 19.4 Å². The largest absolute Gasteiger partial charge is 0.756 e. The molecule has 0 aromatic heterocycles. The lowest BCUT2D eigenvalue weighted by Gasteiger charge is -2.30. The molecule has 0 fully saturated rings. The second-order valence-electron chi connectivity index (χ2n) is 15.0. The number of carbonyl (C=O) groups excluding carboxylic acids is 1. The van der Waals surface area contributed by atoms with Crippen LogP contribution in [0.2, 0.25) is 0 Å². The Balaban J connectivity index is 4.46. The minimum Gasteiger partial charge on any atom is -0.756 e. The first-order chi connectivity index (χ1) is 23.5. The highest BCUT2D eigenvalue weighted by atomic mass is 31.2. The Kier molecular flexibility index (Phi) is 32.2. The number of likely N-dealkylation sites (N-methyl/N-ethyl adjacent to an activating group) is 1. The van der Waals surface area contributed by atoms with Crippen molar-refractivity contribution in [2.45, 2.75) is 187 Å². The van der Waals surface area contributed by atoms with E-state index >= 15 is 0 Å². The maximum Gasteiger partial charge on any atom is 0.268 e. The van der Waals surface area contributed by atoms with Gasteiger partial charge in [0, 0.05) is 6.42 Å². The van der Waals surface area contributed by atoms with Gasteiger partial charge in [0.25, 0.3) is 7.82 Å². The highest BCUT2D eigenvalue weighted by Crippen LogP contribution is 2.38. The molecule has 0 aromatic carbocycles. The molecule has 8 nitrogen and oxygen atoms in total. The van der Waals surface area contributed by atoms with Crippen LogP contribution in [0.25, 0.3) is 0 Å². The topological polar surface area (TPSA) is 108 Å². The summed E-state index contributed by atoms with van der Waals surface area (Å²) in [6.07, 6.45) is 36.0. The zero-order valence-corrected chi connectivity index (χ0v) is 33.5. The Bertz CT molecular complexity index is 860. The monoisotopic (exact) mass is 715 g/mol. The lowest BCUT2D eigenvalue weighted by atomic mass is 10.0. The minimum atomic E-state index is -4.56. The molecule has 0 aliphatic rings. The van der Waals surface area contributed by atoms with E-state index in [1.807, 2.05) is 21.1 Å². The molecule has 0 aliphatic carbocycles. The first kappa shape index (κ1) is 48.0. The number of hydrogen-bond donors (Lipinski definition) is 2. The fourth-order valence-corrected chi connectivity index (χ4v) is 6.38. The molecule has 0 saturated carbocycles. The van der Waals surface area contributed by atoms with E-state index in [0.717, 1.165) is 64.2 Å². The van der Waals surface area contributed by atoms with E-state index in [4.69, 9.17) is 9.05 Å². The molecular formula is C40H79N2O6P. The standard InChI is InChI=1S/C40H79N2O6P/c1-6-8-10-12-14-16-18-20-21-22-24-26-28-30-32-34-40(44)41-38(37-48-49(45,46)47-36-35-42(3,4)5)39(43)33-31-29-27-25-23-19-17-15-13-11-9-7-2/h14,16,20-21,38-39,43H,6-13,15,17-19,22-37H2,1-5H3,(H-,41,44,45,46)/b16-14-,21-20-. The van der Waals surface area contributed by atoms with E-state index in [1.165, 1.54) is 83.5 Å². The van der Waals surface area contributed by atoms with Gasteiger partial charge in [0.1, 0.15) is 13.2 Å². The Morgan fingerprint density at radius 1 is 0.714 bits per heavy atom. The van der Waals surface area contributed by atoms with Gasteiger partial charge in [0.15, 0.2) is 0 Å². The molecule has 49 heavy (non-hydrogen) atoms. The summed E-state index contributed by atoms with van der Waals surface area (Å²) in [6.45, 7) is 4.66. The lowest BCUT2D eigenvalue weighted by molar-refractivity contribution is -0.870. The van der Waals surface area contributed by atoms with E-state index < -0.39 is 20.0 Å². The number of hydrogen-bond acceptors (Lipinski definition) is 6. The first-order valence-corrected chi connectivity index (χ1v) is 21.6. The van der Waals surface area contributed by atoms with E-state index in [-0.39, 0.29) is 19.1 Å². The van der Waals surface area contributed by atoms with Gasteiger partial charge >= 0.3 is 0 Å². The van der Waals surface area contributed by atoms with Crippen molar-refractivity contribution < 1.29 is 32.9 Å². The number of amides is 1. The summed E-state index contributed by atoms with van der Waals surface area (Å²) < 4.78 is 23.2. The molecule has 1 amide bonds. The van der Waals surface area contributed by atoms with Crippen molar-refractivity contribution in [2.75, 3.05) is 40.9 Å². The van der Waals surface area contributed by atoms with Gasteiger partial charge in [-0.25, -0.2) is 0 Å². The summed E-state index contributed by atoms with van der Waals surface area (Å²) in [5.41, 5.74) is 0. The summed E-state index contributed by atoms with van der Waals surface area (Å²) in [5.74, 6) is -0.181. The SMILES string of the molecule is CCCCC/C=C\C/C=C\CCCCCCCC(=O)NC(COP(=O)([O-])OCC[N+](C)(C)C)C(O)CCCCCCCCCCCCCC. The van der Waals surface area contributed by atoms with Gasteiger partial charge in [-0.3, -0.25) is 9.36 Å². The molecule has 3 unspecified atom stereocenters. The molecule has 0 radical (unpaired) electrons. The zero-order chi connectivity index (χ0) is 36.5. The average molecular weight is 715 g/mol. The van der Waals surface area contributed by atoms with Crippen molar-refractivity contribution in [1.29, 1.82) is 0 Å². The number of rotatable bonds is 36. The number of nitrogens with zero attached hydrogens (tertiary/aromatic N) is 1. The third-order valence-electron chi connectivity index (χ3n) is 8.94. The van der Waals surface area contributed by atoms with Crippen LogP contribution >= 0.6 is 7.82 Å². The molecule has 0 rings (SSSR count). The molecule has 0 heterocycles. The van der Waals surface area contributed by atoms with Crippen LogP contribution in [0.5, 0.6) is 0 Å². The second kappa shape index (κ2) is 32.9. The second-order valence-corrected chi connectivity index (χ2v) is 16.4. The van der Waals surface area contributed by atoms with Crippen molar-refractivity contribution in [2.24, 2.45) is 0 Å². The third-order valence-corrected chi connectivity index (χ3v) is 9.91. The number of nitrogens with one attached hydrogen (secondary N) is 1. The quantitative estimate of drug-likeness (QED) is 0.0290. The van der Waals surface area contributed by atoms with Gasteiger partial charge in [0.2, 0.25) is 5.91 Å². The third kappa shape index (κ3) is 35.2. The number of phosphoric acid groups is 1. The molecule has 0 bridgehead atoms. The number of aliphatic hydroxyl groups is 1. The maximum atomic E-state index is 12.8. The van der Waals surface area contributed by atoms with Crippen LogP contribution in [0.1, 0.15) is 174 Å². The Labute approximate surface area is 303 Å². The molecule has 0 spiro atoms. The van der Waals surface area contributed by atoms with Crippen LogP contribution in [0.4, 0.5) is 0 Å². The maximum absolute atomic E-state index is 12.8. The van der Waals surface area contributed by atoms with Gasteiger partial charge in [-0.2, -0.15) is 0 Å². The number of aliphatic hydroxyl groups excluding tert-OH is 1. The fraction of sp³-hybridized carbons (Fsp3) is 0.875. The lowest BCUT2D eigenvalue weighted by Crippen LogP contribution is -2.46. The van der Waals surface area contributed by atoms with Crippen molar-refractivity contribution >= 4 is 13.7 Å². The summed E-state index contributed by atoms with van der Waals surface area (Å²) in [5, 5.41) is 13.8. The first-order valence-electron chi connectivity index (χ1n) is 20.2. The van der Waals surface area contributed by atoms with Crippen LogP contribution in [0.3, 0.4) is 0 Å². The van der Waals surface area contributed by atoms with Gasteiger partial charge in [-0.1, -0.05) is 147 Å². The van der Waals surface area contributed by atoms with Crippen LogP contribution in [0, 0.1) is 0 Å². The molecule has 2 N–H and O–H groups in total. The molecule has 0 aromatic rings. The predicted octanol–water partition coefficient (Wildman–Crippen LogP) is 9.94. The van der Waals surface area contributed by atoms with Gasteiger partial charge < -0.3 is 28.8 Å². The zero-order valence-electron chi connectivity index (χ0n) is 32.6. The number of allylic oxidation sites excluding steroid dienone is 4. The number of phosphoric ester groups is 1. The summed E-state index contributed by atoms with van der Waals surface area (Å²) in [7, 11) is 1.29. The van der Waals surface area contributed by atoms with Gasteiger partial charge in [-0.15, -0.1) is 0 Å². The Hall–Kier alpha value is -1.02. The summed E-state index contributed by atoms with van der Waals surface area (Å²) >= 11 is 0.